The molecule has 94 valence electrons. The number of nitrogens with two attached hydrogens (primary N) is 1. The summed E-state index contributed by atoms with van der Waals surface area (Å²) in [7, 11) is 0. The summed E-state index contributed by atoms with van der Waals surface area (Å²) in [5.41, 5.74) is 3.58. The lowest BCUT2D eigenvalue weighted by molar-refractivity contribution is 0.0511. The van der Waals surface area contributed by atoms with Gasteiger partial charge in [0.05, 0.1) is 17.9 Å². The second kappa shape index (κ2) is 5.62. The highest BCUT2D eigenvalue weighted by Crippen LogP contribution is 2.24. The largest absolute Gasteiger partial charge is 0.461 e. The molecule has 0 amide bonds. The molecule has 0 radical (unpaired) electrons. The van der Waals surface area contributed by atoms with E-state index in [2.05, 4.69) is 9.72 Å². The number of nitrogens with zero attached hydrogens (tertiary/aromatic N) is 1. The topological polar surface area (TPSA) is 65.2 Å². The standard InChI is InChI=1S/C10H11F3N2O2/c1-2-17-10(16)8-7(11)6(9(12)13)3-5(4-14)15-8/h3,9H,2,4,14H2,1H3. The molecule has 1 aromatic rings. The molecule has 1 rings (SSSR count). The number of alkyl halides is 2. The molecule has 0 aliphatic carbocycles. The van der Waals surface area contributed by atoms with Gasteiger partial charge in [0, 0.05) is 6.54 Å². The zero-order valence-electron chi connectivity index (χ0n) is 9.04. The number of aromatic nitrogens is 1. The summed E-state index contributed by atoms with van der Waals surface area (Å²) in [6.45, 7) is 1.33. The number of hydrogen-bond donors (Lipinski definition) is 1. The van der Waals surface area contributed by atoms with Gasteiger partial charge in [-0.1, -0.05) is 0 Å². The van der Waals surface area contributed by atoms with Gasteiger partial charge in [0.2, 0.25) is 0 Å². The van der Waals surface area contributed by atoms with Gasteiger partial charge in [0.15, 0.2) is 11.5 Å². The summed E-state index contributed by atoms with van der Waals surface area (Å²) >= 11 is 0. The third-order valence-electron chi connectivity index (χ3n) is 1.95. The predicted molar refractivity (Wildman–Crippen MR) is 53.0 cm³/mol. The Labute approximate surface area is 95.6 Å². The zero-order valence-corrected chi connectivity index (χ0v) is 9.04. The minimum atomic E-state index is -3.04. The van der Waals surface area contributed by atoms with Gasteiger partial charge in [-0.2, -0.15) is 0 Å². The first-order chi connectivity index (χ1) is 8.01. The van der Waals surface area contributed by atoms with E-state index in [1.54, 1.807) is 0 Å². The van der Waals surface area contributed by atoms with Crippen LogP contribution in [0.25, 0.3) is 0 Å². The van der Waals surface area contributed by atoms with Crippen molar-refractivity contribution in [3.8, 4) is 0 Å². The number of pyridine rings is 1. The Bertz CT molecular complexity index is 424. The third-order valence-corrected chi connectivity index (χ3v) is 1.95. The van der Waals surface area contributed by atoms with Crippen LogP contribution >= 0.6 is 0 Å². The molecular weight excluding hydrogens is 237 g/mol. The van der Waals surface area contributed by atoms with E-state index in [0.29, 0.717) is 0 Å². The predicted octanol–water partition coefficient (Wildman–Crippen LogP) is 1.79. The molecular formula is C10H11F3N2O2. The summed E-state index contributed by atoms with van der Waals surface area (Å²) in [6, 6.07) is 0.836. The highest BCUT2D eigenvalue weighted by atomic mass is 19.3. The van der Waals surface area contributed by atoms with Crippen LogP contribution in [0.5, 0.6) is 0 Å². The summed E-state index contributed by atoms with van der Waals surface area (Å²) in [6.07, 6.45) is -3.04. The van der Waals surface area contributed by atoms with Crippen molar-refractivity contribution >= 4 is 5.97 Å². The van der Waals surface area contributed by atoms with E-state index in [9.17, 15) is 18.0 Å². The Morgan fingerprint density at radius 1 is 1.59 bits per heavy atom. The molecule has 0 fully saturated rings. The van der Waals surface area contributed by atoms with Gasteiger partial charge in [-0.15, -0.1) is 0 Å². The number of carbonyl (C=O) groups is 1. The molecule has 0 aliphatic heterocycles. The lowest BCUT2D eigenvalue weighted by Crippen LogP contribution is -2.15. The van der Waals surface area contributed by atoms with Gasteiger partial charge in [-0.3, -0.25) is 0 Å². The maximum absolute atomic E-state index is 13.5. The number of hydrogen-bond acceptors (Lipinski definition) is 4. The van der Waals surface area contributed by atoms with Crippen LogP contribution in [0.3, 0.4) is 0 Å². The van der Waals surface area contributed by atoms with E-state index in [4.69, 9.17) is 5.73 Å². The van der Waals surface area contributed by atoms with Crippen molar-refractivity contribution in [3.63, 3.8) is 0 Å². The first-order valence-electron chi connectivity index (χ1n) is 4.85. The Morgan fingerprint density at radius 3 is 2.71 bits per heavy atom. The summed E-state index contributed by atoms with van der Waals surface area (Å²) in [4.78, 5) is 14.8. The van der Waals surface area contributed by atoms with Gasteiger partial charge in [-0.05, 0) is 13.0 Å². The number of rotatable bonds is 4. The van der Waals surface area contributed by atoms with Crippen LogP contribution < -0.4 is 5.73 Å². The molecule has 0 aromatic carbocycles. The van der Waals surface area contributed by atoms with Crippen LogP contribution in [0.2, 0.25) is 0 Å². The number of ether oxygens (including phenoxy) is 1. The number of carbonyl (C=O) groups excluding carboxylic acids is 1. The monoisotopic (exact) mass is 248 g/mol. The highest BCUT2D eigenvalue weighted by Gasteiger charge is 2.24. The van der Waals surface area contributed by atoms with Crippen molar-refractivity contribution in [1.29, 1.82) is 0 Å². The van der Waals surface area contributed by atoms with Crippen LogP contribution in [-0.2, 0) is 11.3 Å². The van der Waals surface area contributed by atoms with Crippen molar-refractivity contribution in [2.45, 2.75) is 19.9 Å². The maximum Gasteiger partial charge on any atom is 0.360 e. The fourth-order valence-corrected chi connectivity index (χ4v) is 1.20. The minimum Gasteiger partial charge on any atom is -0.461 e. The first-order valence-corrected chi connectivity index (χ1v) is 4.85. The Balaban J connectivity index is 3.28. The molecule has 4 nitrogen and oxygen atoms in total. The zero-order chi connectivity index (χ0) is 13.0. The normalized spacial score (nSPS) is 10.7. The quantitative estimate of drug-likeness (QED) is 0.825. The minimum absolute atomic E-state index is 0.00316. The summed E-state index contributed by atoms with van der Waals surface area (Å²) in [5, 5.41) is 0. The smallest absolute Gasteiger partial charge is 0.360 e. The van der Waals surface area contributed by atoms with E-state index in [-0.39, 0.29) is 18.8 Å². The third kappa shape index (κ3) is 2.94. The van der Waals surface area contributed by atoms with E-state index in [1.807, 2.05) is 0 Å². The SMILES string of the molecule is CCOC(=O)c1nc(CN)cc(C(F)F)c1F. The van der Waals surface area contributed by atoms with Crippen LogP contribution in [0.1, 0.15) is 35.1 Å². The van der Waals surface area contributed by atoms with Gasteiger partial charge < -0.3 is 10.5 Å². The van der Waals surface area contributed by atoms with Gasteiger partial charge in [-0.25, -0.2) is 22.9 Å². The second-order valence-corrected chi connectivity index (χ2v) is 3.09. The van der Waals surface area contributed by atoms with E-state index in [0.717, 1.165) is 6.07 Å². The molecule has 0 aliphatic rings. The van der Waals surface area contributed by atoms with Crippen LogP contribution in [0.4, 0.5) is 13.2 Å². The van der Waals surface area contributed by atoms with Crippen molar-refractivity contribution < 1.29 is 22.7 Å². The van der Waals surface area contributed by atoms with Crippen molar-refractivity contribution in [2.24, 2.45) is 5.73 Å². The molecule has 0 bridgehead atoms. The summed E-state index contributed by atoms with van der Waals surface area (Å²) < 4.78 is 43.1. The lowest BCUT2D eigenvalue weighted by Gasteiger charge is -2.09. The fourth-order valence-electron chi connectivity index (χ4n) is 1.20. The van der Waals surface area contributed by atoms with Gasteiger partial charge in [0.25, 0.3) is 6.43 Å². The molecule has 1 aromatic heterocycles. The first kappa shape index (κ1) is 13.4. The Hall–Kier alpha value is -1.63. The molecule has 0 saturated carbocycles. The van der Waals surface area contributed by atoms with Gasteiger partial charge >= 0.3 is 5.97 Å². The molecule has 0 atom stereocenters. The van der Waals surface area contributed by atoms with Crippen LogP contribution in [0, 0.1) is 5.82 Å². The van der Waals surface area contributed by atoms with Crippen molar-refractivity contribution in [3.05, 3.63) is 28.8 Å². The van der Waals surface area contributed by atoms with E-state index in [1.165, 1.54) is 6.92 Å². The molecule has 2 N–H and O–H groups in total. The Morgan fingerprint density at radius 2 is 2.24 bits per heavy atom. The van der Waals surface area contributed by atoms with E-state index < -0.39 is 29.5 Å². The molecule has 1 heterocycles. The molecule has 0 saturated heterocycles. The van der Waals surface area contributed by atoms with Crippen LogP contribution in [0.15, 0.2) is 6.07 Å². The molecule has 0 unspecified atom stereocenters. The molecule has 7 heteroatoms. The van der Waals surface area contributed by atoms with E-state index >= 15 is 0 Å². The van der Waals surface area contributed by atoms with Gasteiger partial charge in [0.1, 0.15) is 0 Å². The lowest BCUT2D eigenvalue weighted by atomic mass is 10.1. The molecule has 17 heavy (non-hydrogen) atoms. The maximum atomic E-state index is 13.5. The second-order valence-electron chi connectivity index (χ2n) is 3.09. The molecule has 0 spiro atoms. The summed E-state index contributed by atoms with van der Waals surface area (Å²) in [5.74, 6) is -2.45. The number of halogens is 3. The van der Waals surface area contributed by atoms with Crippen LogP contribution in [-0.4, -0.2) is 17.6 Å². The van der Waals surface area contributed by atoms with Crippen molar-refractivity contribution in [2.75, 3.05) is 6.61 Å². The average molecular weight is 248 g/mol. The Kier molecular flexibility index (Phi) is 4.45. The highest BCUT2D eigenvalue weighted by molar-refractivity contribution is 5.87. The van der Waals surface area contributed by atoms with Crippen molar-refractivity contribution in [1.82, 2.24) is 4.98 Å². The average Bonchev–Trinajstić information content (AvgIpc) is 2.29. The fraction of sp³-hybridized carbons (Fsp3) is 0.400. The number of esters is 1.